The van der Waals surface area contributed by atoms with Crippen LogP contribution in [0.3, 0.4) is 0 Å². The average Bonchev–Trinajstić information content (AvgIpc) is 3.52. The maximum Gasteiger partial charge on any atom is 0.227 e. The van der Waals surface area contributed by atoms with Gasteiger partial charge in [-0.2, -0.15) is 5.21 Å². The van der Waals surface area contributed by atoms with Gasteiger partial charge in [-0.05, 0) is 41.8 Å². The lowest BCUT2D eigenvalue weighted by Gasteiger charge is -2.32. The van der Waals surface area contributed by atoms with E-state index < -0.39 is 9.84 Å². The molecular formula is C24H30N6O5S. The Labute approximate surface area is 210 Å². The molecule has 1 fully saturated rings. The Balaban J connectivity index is 1.51. The van der Waals surface area contributed by atoms with Crippen molar-refractivity contribution in [1.82, 2.24) is 30.4 Å². The third kappa shape index (κ3) is 6.65. The van der Waals surface area contributed by atoms with Crippen molar-refractivity contribution in [2.24, 2.45) is 0 Å². The first kappa shape index (κ1) is 25.7. The second-order valence-corrected chi connectivity index (χ2v) is 11.0. The third-order valence-corrected chi connectivity index (χ3v) is 7.37. The lowest BCUT2D eigenvalue weighted by molar-refractivity contribution is -0.131. The smallest absolute Gasteiger partial charge is 0.227 e. The Morgan fingerprint density at radius 3 is 2.69 bits per heavy atom. The van der Waals surface area contributed by atoms with Crippen molar-refractivity contribution in [3.63, 3.8) is 0 Å². The molecule has 192 valence electrons. The molecule has 1 aromatic heterocycles. The largest absolute Gasteiger partial charge is 0.485 e. The van der Waals surface area contributed by atoms with Crippen molar-refractivity contribution in [1.29, 1.82) is 0 Å². The summed E-state index contributed by atoms with van der Waals surface area (Å²) in [5.41, 5.74) is 1.62. The van der Waals surface area contributed by atoms with Crippen LogP contribution in [0.15, 0.2) is 53.4 Å². The van der Waals surface area contributed by atoms with Crippen LogP contribution >= 0.6 is 0 Å². The molecule has 1 saturated heterocycles. The molecule has 0 bridgehead atoms. The van der Waals surface area contributed by atoms with Crippen LogP contribution in [0.5, 0.6) is 5.75 Å². The van der Waals surface area contributed by atoms with Gasteiger partial charge in [-0.25, -0.2) is 8.42 Å². The Kier molecular flexibility index (Phi) is 7.97. The van der Waals surface area contributed by atoms with E-state index in [2.05, 4.69) is 25.5 Å². The van der Waals surface area contributed by atoms with Crippen LogP contribution in [-0.4, -0.2) is 88.9 Å². The number of likely N-dealkylation sites (N-methyl/N-ethyl adjacent to an activating group) is 1. The molecule has 0 aliphatic carbocycles. The number of nitrogens with one attached hydrogen (secondary N) is 1. The first-order valence-corrected chi connectivity index (χ1v) is 13.5. The van der Waals surface area contributed by atoms with Crippen molar-refractivity contribution in [3.05, 3.63) is 65.5 Å². The number of β-amino-alcohol motifs (C(OH)–C–C–N with tert-alkyl or cyclic N) is 1. The number of amides is 1. The Hall–Kier alpha value is -3.35. The minimum absolute atomic E-state index is 0.107. The SMILES string of the molecule is CN(C(=O)Cc1ccc(S(C)(=O)=O)cc1)[C@H](CN1CC[C@@H](O)C1)c1cccc(OCc2nn[nH]n2)c1. The predicted molar refractivity (Wildman–Crippen MR) is 131 cm³/mol. The molecule has 2 aromatic carbocycles. The fourth-order valence-corrected chi connectivity index (χ4v) is 4.84. The minimum Gasteiger partial charge on any atom is -0.485 e. The van der Waals surface area contributed by atoms with Gasteiger partial charge in [-0.1, -0.05) is 29.5 Å². The molecule has 2 atom stereocenters. The van der Waals surface area contributed by atoms with Crippen LogP contribution in [0.25, 0.3) is 0 Å². The monoisotopic (exact) mass is 514 g/mol. The standard InChI is InChI=1S/C24H30N6O5S/c1-29(24(32)12-17-6-8-21(9-7-17)36(2,33)34)22(15-30-11-10-19(31)14-30)18-4-3-5-20(13-18)35-16-23-25-27-28-26-23/h3-9,13,19,22,31H,10-12,14-16H2,1-2H3,(H,25,26,27,28)/t19-,22-/m1/s1. The van der Waals surface area contributed by atoms with Gasteiger partial charge in [-0.3, -0.25) is 9.69 Å². The zero-order valence-electron chi connectivity index (χ0n) is 20.2. The highest BCUT2D eigenvalue weighted by atomic mass is 32.2. The summed E-state index contributed by atoms with van der Waals surface area (Å²) in [6.07, 6.45) is 1.61. The summed E-state index contributed by atoms with van der Waals surface area (Å²) < 4.78 is 29.3. The summed E-state index contributed by atoms with van der Waals surface area (Å²) in [4.78, 5) is 17.4. The quantitative estimate of drug-likeness (QED) is 0.405. The molecule has 4 rings (SSSR count). The van der Waals surface area contributed by atoms with E-state index in [-0.39, 0.29) is 36.0 Å². The zero-order valence-corrected chi connectivity index (χ0v) is 21.1. The highest BCUT2D eigenvalue weighted by molar-refractivity contribution is 7.90. The number of tetrazole rings is 1. The first-order chi connectivity index (χ1) is 17.2. The number of nitrogens with zero attached hydrogens (tertiary/aromatic N) is 5. The molecule has 1 amide bonds. The van der Waals surface area contributed by atoms with Crippen molar-refractivity contribution in [2.45, 2.75) is 36.5 Å². The molecule has 2 N–H and O–H groups in total. The van der Waals surface area contributed by atoms with E-state index in [0.717, 1.165) is 23.9 Å². The number of benzene rings is 2. The fourth-order valence-electron chi connectivity index (χ4n) is 4.20. The normalized spacial score (nSPS) is 17.1. The number of aliphatic hydroxyl groups is 1. The van der Waals surface area contributed by atoms with Gasteiger partial charge >= 0.3 is 0 Å². The zero-order chi connectivity index (χ0) is 25.7. The van der Waals surface area contributed by atoms with E-state index in [0.29, 0.717) is 31.1 Å². The highest BCUT2D eigenvalue weighted by Crippen LogP contribution is 2.27. The number of carbonyl (C=O) groups excluding carboxylic acids is 1. The maximum absolute atomic E-state index is 13.3. The third-order valence-electron chi connectivity index (χ3n) is 6.25. The minimum atomic E-state index is -3.30. The van der Waals surface area contributed by atoms with Crippen molar-refractivity contribution < 1.29 is 23.1 Å². The van der Waals surface area contributed by atoms with Gasteiger partial charge in [0.2, 0.25) is 11.7 Å². The number of carbonyl (C=O) groups is 1. The Bertz CT molecular complexity index is 1270. The summed E-state index contributed by atoms with van der Waals surface area (Å²) in [5.74, 6) is 0.933. The predicted octanol–water partition coefficient (Wildman–Crippen LogP) is 0.991. The van der Waals surface area contributed by atoms with E-state index in [1.54, 1.807) is 24.1 Å². The van der Waals surface area contributed by atoms with E-state index in [1.165, 1.54) is 12.1 Å². The second kappa shape index (κ2) is 11.1. The molecule has 11 nitrogen and oxygen atoms in total. The van der Waals surface area contributed by atoms with Crippen molar-refractivity contribution in [2.75, 3.05) is 32.9 Å². The van der Waals surface area contributed by atoms with Crippen LogP contribution in [0.1, 0.15) is 29.4 Å². The van der Waals surface area contributed by atoms with Gasteiger partial charge in [0.15, 0.2) is 16.4 Å². The van der Waals surface area contributed by atoms with Crippen LogP contribution in [-0.2, 0) is 27.7 Å². The van der Waals surface area contributed by atoms with Crippen LogP contribution < -0.4 is 4.74 Å². The first-order valence-electron chi connectivity index (χ1n) is 11.6. The van der Waals surface area contributed by atoms with E-state index in [1.807, 2.05) is 24.3 Å². The number of hydrogen-bond donors (Lipinski definition) is 2. The van der Waals surface area contributed by atoms with E-state index in [4.69, 9.17) is 4.74 Å². The molecule has 12 heteroatoms. The van der Waals surface area contributed by atoms with Gasteiger partial charge in [0, 0.05) is 32.9 Å². The number of likely N-dealkylation sites (tertiary alicyclic amines) is 1. The molecule has 2 heterocycles. The molecule has 0 radical (unpaired) electrons. The number of aromatic nitrogens is 4. The topological polar surface area (TPSA) is 142 Å². The molecule has 3 aromatic rings. The fraction of sp³-hybridized carbons (Fsp3) is 0.417. The summed E-state index contributed by atoms with van der Waals surface area (Å²) in [7, 11) is -1.54. The van der Waals surface area contributed by atoms with Gasteiger partial charge in [0.05, 0.1) is 23.5 Å². The van der Waals surface area contributed by atoms with Gasteiger partial charge in [0.1, 0.15) is 5.75 Å². The van der Waals surface area contributed by atoms with Crippen molar-refractivity contribution >= 4 is 15.7 Å². The number of rotatable bonds is 10. The summed E-state index contributed by atoms with van der Waals surface area (Å²) in [6.45, 7) is 2.02. The number of ether oxygens (including phenoxy) is 1. The number of H-pyrrole nitrogens is 1. The van der Waals surface area contributed by atoms with Crippen LogP contribution in [0.4, 0.5) is 0 Å². The molecule has 0 unspecified atom stereocenters. The average molecular weight is 515 g/mol. The molecule has 36 heavy (non-hydrogen) atoms. The second-order valence-electron chi connectivity index (χ2n) is 9.00. The lowest BCUT2D eigenvalue weighted by Crippen LogP contribution is -2.39. The number of hydrogen-bond acceptors (Lipinski definition) is 9. The molecule has 0 spiro atoms. The molecule has 1 aliphatic heterocycles. The lowest BCUT2D eigenvalue weighted by atomic mass is 10.0. The van der Waals surface area contributed by atoms with Crippen molar-refractivity contribution in [3.8, 4) is 5.75 Å². The van der Waals surface area contributed by atoms with Gasteiger partial charge in [0.25, 0.3) is 0 Å². The highest BCUT2D eigenvalue weighted by Gasteiger charge is 2.28. The Morgan fingerprint density at radius 2 is 2.06 bits per heavy atom. The van der Waals surface area contributed by atoms with E-state index >= 15 is 0 Å². The van der Waals surface area contributed by atoms with Gasteiger partial charge in [-0.15, -0.1) is 10.2 Å². The number of sulfone groups is 1. The van der Waals surface area contributed by atoms with Crippen LogP contribution in [0, 0.1) is 0 Å². The van der Waals surface area contributed by atoms with Crippen LogP contribution in [0.2, 0.25) is 0 Å². The van der Waals surface area contributed by atoms with Gasteiger partial charge < -0.3 is 14.7 Å². The maximum atomic E-state index is 13.3. The Morgan fingerprint density at radius 1 is 1.28 bits per heavy atom. The summed E-state index contributed by atoms with van der Waals surface area (Å²) in [6, 6.07) is 13.6. The molecule has 0 saturated carbocycles. The summed E-state index contributed by atoms with van der Waals surface area (Å²) in [5, 5.41) is 23.7. The molecular weight excluding hydrogens is 484 g/mol. The number of aromatic amines is 1. The summed E-state index contributed by atoms with van der Waals surface area (Å²) >= 11 is 0. The number of aliphatic hydroxyl groups excluding tert-OH is 1. The van der Waals surface area contributed by atoms with E-state index in [9.17, 15) is 18.3 Å². The molecule has 1 aliphatic rings.